The highest BCUT2D eigenvalue weighted by Crippen LogP contribution is 2.36. The summed E-state index contributed by atoms with van der Waals surface area (Å²) in [7, 11) is 1.59. The molecule has 2 heterocycles. The Morgan fingerprint density at radius 1 is 1.06 bits per heavy atom. The summed E-state index contributed by atoms with van der Waals surface area (Å²) in [6.45, 7) is 5.98. The number of rotatable bonds is 9. The second-order valence-corrected chi connectivity index (χ2v) is 9.41. The second kappa shape index (κ2) is 11.3. The number of carboxylic acid groups (broad SMARTS) is 1. The molecular formula is C27H34F2N2O5. The van der Waals surface area contributed by atoms with Gasteiger partial charge in [0, 0.05) is 63.7 Å². The molecule has 9 heteroatoms. The smallest absolute Gasteiger partial charge is 0.305 e. The van der Waals surface area contributed by atoms with Gasteiger partial charge in [0.15, 0.2) is 0 Å². The Hall–Kier alpha value is -3.07. The van der Waals surface area contributed by atoms with Gasteiger partial charge in [-0.3, -0.25) is 4.79 Å². The molecule has 2 aromatic rings. The largest absolute Gasteiger partial charge is 0.494 e. The van der Waals surface area contributed by atoms with Gasteiger partial charge >= 0.3 is 5.97 Å². The zero-order valence-corrected chi connectivity index (χ0v) is 21.0. The number of anilines is 2. The molecule has 0 radical (unpaired) electrons. The SMILES string of the molecule is CCOc1ccc(F)c(N2CCC(Oc3ccc(N4C[C@H](OC)[C@@H](C)[C@@H]4CC(=O)O)c(F)c3)CC2)c1. The molecule has 0 saturated carbocycles. The molecule has 2 aromatic carbocycles. The van der Waals surface area contributed by atoms with Crippen LogP contribution in [0.25, 0.3) is 0 Å². The fraction of sp³-hybridized carbons (Fsp3) is 0.519. The first-order chi connectivity index (χ1) is 17.3. The highest BCUT2D eigenvalue weighted by Gasteiger charge is 2.41. The van der Waals surface area contributed by atoms with Crippen LogP contribution in [0.2, 0.25) is 0 Å². The van der Waals surface area contributed by atoms with Gasteiger partial charge in [-0.15, -0.1) is 0 Å². The predicted molar refractivity (Wildman–Crippen MR) is 133 cm³/mol. The lowest BCUT2D eigenvalue weighted by Crippen LogP contribution is -2.38. The van der Waals surface area contributed by atoms with Gasteiger partial charge in [-0.2, -0.15) is 0 Å². The van der Waals surface area contributed by atoms with Gasteiger partial charge in [0.05, 0.1) is 30.5 Å². The number of carbonyl (C=O) groups is 1. The van der Waals surface area contributed by atoms with Crippen molar-refractivity contribution >= 4 is 17.3 Å². The van der Waals surface area contributed by atoms with Gasteiger partial charge in [0.25, 0.3) is 0 Å². The molecule has 0 aromatic heterocycles. The Morgan fingerprint density at radius 2 is 1.78 bits per heavy atom. The third kappa shape index (κ3) is 5.67. The highest BCUT2D eigenvalue weighted by atomic mass is 19.1. The second-order valence-electron chi connectivity index (χ2n) is 9.41. The average Bonchev–Trinajstić information content (AvgIpc) is 3.15. The predicted octanol–water partition coefficient (Wildman–Crippen LogP) is 4.73. The van der Waals surface area contributed by atoms with Gasteiger partial charge in [-0.25, -0.2) is 8.78 Å². The maximum Gasteiger partial charge on any atom is 0.305 e. The lowest BCUT2D eigenvalue weighted by molar-refractivity contribution is -0.137. The molecule has 2 aliphatic heterocycles. The molecule has 7 nitrogen and oxygen atoms in total. The van der Waals surface area contributed by atoms with E-state index in [1.54, 1.807) is 36.3 Å². The number of carboxylic acids is 1. The van der Waals surface area contributed by atoms with E-state index in [2.05, 4.69) is 0 Å². The Kier molecular flexibility index (Phi) is 8.18. The van der Waals surface area contributed by atoms with E-state index in [0.717, 1.165) is 0 Å². The van der Waals surface area contributed by atoms with Crippen molar-refractivity contribution in [3.8, 4) is 11.5 Å². The van der Waals surface area contributed by atoms with Crippen LogP contribution in [0.1, 0.15) is 33.1 Å². The first-order valence-electron chi connectivity index (χ1n) is 12.5. The minimum atomic E-state index is -0.926. The number of halogens is 2. The number of hydrogen-bond donors (Lipinski definition) is 1. The molecule has 2 saturated heterocycles. The van der Waals surface area contributed by atoms with Crippen LogP contribution in [0.3, 0.4) is 0 Å². The van der Waals surface area contributed by atoms with Crippen molar-refractivity contribution in [3.63, 3.8) is 0 Å². The fourth-order valence-corrected chi connectivity index (χ4v) is 5.26. The maximum atomic E-state index is 15.2. The van der Waals surface area contributed by atoms with Crippen LogP contribution in [0, 0.1) is 17.6 Å². The van der Waals surface area contributed by atoms with Crippen molar-refractivity contribution < 1.29 is 32.9 Å². The number of nitrogens with zero attached hydrogens (tertiary/aromatic N) is 2. The van der Waals surface area contributed by atoms with Crippen LogP contribution in [0.4, 0.5) is 20.2 Å². The zero-order valence-electron chi connectivity index (χ0n) is 21.0. The minimum Gasteiger partial charge on any atom is -0.494 e. The molecule has 2 aliphatic rings. The number of piperidine rings is 1. The van der Waals surface area contributed by atoms with E-state index >= 15 is 4.39 Å². The topological polar surface area (TPSA) is 71.5 Å². The number of ether oxygens (including phenoxy) is 3. The Labute approximate surface area is 210 Å². The fourth-order valence-electron chi connectivity index (χ4n) is 5.26. The van der Waals surface area contributed by atoms with E-state index < -0.39 is 11.8 Å². The van der Waals surface area contributed by atoms with Crippen LogP contribution in [0.5, 0.6) is 11.5 Å². The summed E-state index contributed by atoms with van der Waals surface area (Å²) in [6, 6.07) is 9.13. The van der Waals surface area contributed by atoms with Crippen molar-refractivity contribution in [2.75, 3.05) is 43.2 Å². The third-order valence-corrected chi connectivity index (χ3v) is 7.20. The summed E-state index contributed by atoms with van der Waals surface area (Å²) in [5, 5.41) is 9.34. The lowest BCUT2D eigenvalue weighted by Gasteiger charge is -2.34. The van der Waals surface area contributed by atoms with Crippen molar-refractivity contribution in [1.82, 2.24) is 0 Å². The molecule has 196 valence electrons. The molecule has 0 unspecified atom stereocenters. The Balaban J connectivity index is 1.39. The Morgan fingerprint density at radius 3 is 2.42 bits per heavy atom. The third-order valence-electron chi connectivity index (χ3n) is 7.20. The number of aliphatic carboxylic acids is 1. The van der Waals surface area contributed by atoms with Gasteiger partial charge < -0.3 is 29.1 Å². The van der Waals surface area contributed by atoms with Crippen LogP contribution in [-0.4, -0.2) is 62.7 Å². The molecule has 0 bridgehead atoms. The van der Waals surface area contributed by atoms with E-state index in [1.165, 1.54) is 12.1 Å². The normalized spacial score (nSPS) is 22.6. The van der Waals surface area contributed by atoms with Crippen molar-refractivity contribution in [2.45, 2.75) is 51.4 Å². The van der Waals surface area contributed by atoms with Crippen LogP contribution >= 0.6 is 0 Å². The van der Waals surface area contributed by atoms with Crippen molar-refractivity contribution in [2.24, 2.45) is 5.92 Å². The Bertz CT molecular complexity index is 1060. The molecule has 3 atom stereocenters. The van der Waals surface area contributed by atoms with Crippen molar-refractivity contribution in [1.29, 1.82) is 0 Å². The number of methoxy groups -OCH3 is 1. The lowest BCUT2D eigenvalue weighted by atomic mass is 9.97. The van der Waals surface area contributed by atoms with E-state index in [9.17, 15) is 14.3 Å². The van der Waals surface area contributed by atoms with Gasteiger partial charge in [0.2, 0.25) is 0 Å². The maximum absolute atomic E-state index is 15.2. The monoisotopic (exact) mass is 504 g/mol. The van der Waals surface area contributed by atoms with E-state index in [0.29, 0.717) is 62.0 Å². The quantitative estimate of drug-likeness (QED) is 0.530. The standard InChI is InChI=1S/C27H34F2N2O5/c1-4-35-19-5-7-21(28)25(14-19)30-11-9-18(10-12-30)36-20-6-8-23(22(29)13-20)31-16-26(34-3)17(2)24(31)15-27(32)33/h5-8,13-14,17-18,24,26H,4,9-12,15-16H2,1-3H3,(H,32,33)/t17-,24-,26-/m0/s1. The van der Waals surface area contributed by atoms with Crippen molar-refractivity contribution in [3.05, 3.63) is 48.0 Å². The first-order valence-corrected chi connectivity index (χ1v) is 12.5. The average molecular weight is 505 g/mol. The molecule has 0 amide bonds. The summed E-state index contributed by atoms with van der Waals surface area (Å²) in [6.07, 6.45) is 0.956. The summed E-state index contributed by atoms with van der Waals surface area (Å²) < 4.78 is 46.6. The van der Waals surface area contributed by atoms with Crippen LogP contribution in [-0.2, 0) is 9.53 Å². The number of benzene rings is 2. The van der Waals surface area contributed by atoms with Crippen LogP contribution < -0.4 is 19.3 Å². The summed E-state index contributed by atoms with van der Waals surface area (Å²) in [5.41, 5.74) is 0.861. The molecule has 0 aliphatic carbocycles. The molecule has 0 spiro atoms. The van der Waals surface area contributed by atoms with E-state index in [1.807, 2.05) is 18.7 Å². The highest BCUT2D eigenvalue weighted by molar-refractivity contribution is 5.69. The summed E-state index contributed by atoms with van der Waals surface area (Å²) >= 11 is 0. The van der Waals surface area contributed by atoms with E-state index in [-0.39, 0.29) is 36.4 Å². The summed E-state index contributed by atoms with van der Waals surface area (Å²) in [4.78, 5) is 15.2. The first kappa shape index (κ1) is 26.0. The molecule has 4 rings (SSSR count). The summed E-state index contributed by atoms with van der Waals surface area (Å²) in [5.74, 6) is -0.666. The molecule has 2 fully saturated rings. The molecule has 1 N–H and O–H groups in total. The molecular weight excluding hydrogens is 470 g/mol. The minimum absolute atomic E-state index is 0.0503. The van der Waals surface area contributed by atoms with Crippen LogP contribution in [0.15, 0.2) is 36.4 Å². The van der Waals surface area contributed by atoms with Gasteiger partial charge in [0.1, 0.15) is 29.2 Å². The van der Waals surface area contributed by atoms with Gasteiger partial charge in [-0.1, -0.05) is 6.92 Å². The van der Waals surface area contributed by atoms with Gasteiger partial charge in [-0.05, 0) is 31.2 Å². The molecule has 36 heavy (non-hydrogen) atoms. The zero-order chi connectivity index (χ0) is 25.8. The number of hydrogen-bond acceptors (Lipinski definition) is 6. The van der Waals surface area contributed by atoms with E-state index in [4.69, 9.17) is 14.2 Å².